The van der Waals surface area contributed by atoms with Crippen LogP contribution in [0.3, 0.4) is 0 Å². The maximum atomic E-state index is 12.7. The van der Waals surface area contributed by atoms with Gasteiger partial charge in [0.15, 0.2) is 0 Å². The molecule has 0 aliphatic heterocycles. The lowest BCUT2D eigenvalue weighted by molar-refractivity contribution is -0.137. The lowest BCUT2D eigenvalue weighted by atomic mass is 9.98. The van der Waals surface area contributed by atoms with E-state index in [1.54, 1.807) is 6.92 Å². The van der Waals surface area contributed by atoms with Crippen LogP contribution in [0.25, 0.3) is 11.3 Å². The Balaban J connectivity index is 2.58. The van der Waals surface area contributed by atoms with E-state index >= 15 is 0 Å². The van der Waals surface area contributed by atoms with Gasteiger partial charge in [-0.2, -0.15) is 13.2 Å². The first-order valence-corrected chi connectivity index (χ1v) is 6.59. The second-order valence-corrected chi connectivity index (χ2v) is 4.84. The molecule has 3 nitrogen and oxygen atoms in total. The van der Waals surface area contributed by atoms with Crippen molar-refractivity contribution in [1.82, 2.24) is 9.97 Å². The van der Waals surface area contributed by atoms with Crippen LogP contribution in [-0.2, 0) is 12.6 Å². The molecule has 6 heteroatoms. The fourth-order valence-corrected chi connectivity index (χ4v) is 2.25. The summed E-state index contributed by atoms with van der Waals surface area (Å²) in [6.07, 6.45) is -1.83. The molecule has 0 saturated heterocycles. The highest BCUT2D eigenvalue weighted by atomic mass is 19.4. The molecule has 0 spiro atoms. The maximum absolute atomic E-state index is 12.7. The molecule has 0 aliphatic carbocycles. The fraction of sp³-hybridized carbons (Fsp3) is 0.333. The number of rotatable bonds is 3. The average molecular weight is 296 g/mol. The molecule has 0 saturated carbocycles. The molecule has 0 radical (unpaired) electrons. The highest BCUT2D eigenvalue weighted by Gasteiger charge is 2.30. The standard InChI is InChI=1S/C15H15F3N2O/c1-3-4-12-13(19-8-20-14(12)21)11-6-5-10(7-9(11)2)15(16,17)18/h5-8H,3-4H2,1-2H3,(H,19,20,21). The van der Waals surface area contributed by atoms with E-state index in [1.807, 2.05) is 6.92 Å². The molecule has 0 fully saturated rings. The zero-order chi connectivity index (χ0) is 15.6. The number of alkyl halides is 3. The third-order valence-electron chi connectivity index (χ3n) is 3.26. The van der Waals surface area contributed by atoms with Crippen molar-refractivity contribution in [3.8, 4) is 11.3 Å². The Bertz CT molecular complexity index is 705. The van der Waals surface area contributed by atoms with Crippen molar-refractivity contribution in [3.63, 3.8) is 0 Å². The molecule has 0 unspecified atom stereocenters. The summed E-state index contributed by atoms with van der Waals surface area (Å²) in [7, 11) is 0. The van der Waals surface area contributed by atoms with Crippen LogP contribution >= 0.6 is 0 Å². The van der Waals surface area contributed by atoms with Crippen molar-refractivity contribution in [3.05, 3.63) is 51.6 Å². The van der Waals surface area contributed by atoms with Crippen LogP contribution in [0, 0.1) is 6.92 Å². The van der Waals surface area contributed by atoms with E-state index in [-0.39, 0.29) is 5.56 Å². The molecule has 2 rings (SSSR count). The normalized spacial score (nSPS) is 11.7. The minimum atomic E-state index is -4.38. The van der Waals surface area contributed by atoms with Crippen molar-refractivity contribution in [2.75, 3.05) is 0 Å². The number of aromatic nitrogens is 2. The van der Waals surface area contributed by atoms with E-state index in [0.717, 1.165) is 18.6 Å². The summed E-state index contributed by atoms with van der Waals surface area (Å²) in [4.78, 5) is 18.5. The van der Waals surface area contributed by atoms with Gasteiger partial charge in [0, 0.05) is 11.1 Å². The average Bonchev–Trinajstić information content (AvgIpc) is 2.40. The van der Waals surface area contributed by atoms with Gasteiger partial charge in [0.1, 0.15) is 0 Å². The fourth-order valence-electron chi connectivity index (χ4n) is 2.25. The van der Waals surface area contributed by atoms with Crippen molar-refractivity contribution in [1.29, 1.82) is 0 Å². The quantitative estimate of drug-likeness (QED) is 0.938. The van der Waals surface area contributed by atoms with Gasteiger partial charge in [-0.1, -0.05) is 19.4 Å². The lowest BCUT2D eigenvalue weighted by Gasteiger charge is -2.12. The van der Waals surface area contributed by atoms with Gasteiger partial charge in [0.2, 0.25) is 0 Å². The van der Waals surface area contributed by atoms with E-state index in [1.165, 1.54) is 12.4 Å². The number of halogens is 3. The van der Waals surface area contributed by atoms with Crippen molar-refractivity contribution in [2.24, 2.45) is 0 Å². The molecule has 1 aromatic carbocycles. The zero-order valence-corrected chi connectivity index (χ0v) is 11.7. The summed E-state index contributed by atoms with van der Waals surface area (Å²) in [5, 5.41) is 0. The van der Waals surface area contributed by atoms with E-state index < -0.39 is 11.7 Å². The predicted molar refractivity (Wildman–Crippen MR) is 74.0 cm³/mol. The molecule has 0 amide bonds. The van der Waals surface area contributed by atoms with Crippen LogP contribution in [-0.4, -0.2) is 9.97 Å². The molecule has 0 bridgehead atoms. The summed E-state index contributed by atoms with van der Waals surface area (Å²) >= 11 is 0. The Morgan fingerprint density at radius 3 is 2.57 bits per heavy atom. The van der Waals surface area contributed by atoms with Crippen LogP contribution < -0.4 is 5.56 Å². The second kappa shape index (κ2) is 5.71. The van der Waals surface area contributed by atoms with Crippen molar-refractivity contribution < 1.29 is 13.2 Å². The topological polar surface area (TPSA) is 45.8 Å². The van der Waals surface area contributed by atoms with E-state index in [0.29, 0.717) is 28.8 Å². The van der Waals surface area contributed by atoms with Gasteiger partial charge in [0.05, 0.1) is 17.6 Å². The van der Waals surface area contributed by atoms with E-state index in [9.17, 15) is 18.0 Å². The number of benzene rings is 1. The van der Waals surface area contributed by atoms with Gasteiger partial charge >= 0.3 is 6.18 Å². The van der Waals surface area contributed by atoms with Gasteiger partial charge in [-0.15, -0.1) is 0 Å². The van der Waals surface area contributed by atoms with Gasteiger partial charge in [-0.25, -0.2) is 4.98 Å². The second-order valence-electron chi connectivity index (χ2n) is 4.84. The van der Waals surface area contributed by atoms with Gasteiger partial charge in [-0.05, 0) is 31.0 Å². The minimum Gasteiger partial charge on any atom is -0.313 e. The third-order valence-corrected chi connectivity index (χ3v) is 3.26. The van der Waals surface area contributed by atoms with Gasteiger partial charge in [0.25, 0.3) is 5.56 Å². The summed E-state index contributed by atoms with van der Waals surface area (Å²) < 4.78 is 38.1. The van der Waals surface area contributed by atoms with Crippen LogP contribution in [0.4, 0.5) is 13.2 Å². The van der Waals surface area contributed by atoms with Crippen LogP contribution in [0.1, 0.15) is 30.0 Å². The molecule has 1 aromatic heterocycles. The maximum Gasteiger partial charge on any atom is 0.416 e. The Morgan fingerprint density at radius 2 is 2.00 bits per heavy atom. The highest BCUT2D eigenvalue weighted by Crippen LogP contribution is 2.33. The first-order valence-electron chi connectivity index (χ1n) is 6.59. The Labute approximate surface area is 119 Å². The largest absolute Gasteiger partial charge is 0.416 e. The van der Waals surface area contributed by atoms with Crippen LogP contribution in [0.15, 0.2) is 29.3 Å². The Hall–Kier alpha value is -2.11. The first kappa shape index (κ1) is 15.3. The summed E-state index contributed by atoms with van der Waals surface area (Å²) in [5.41, 5.74) is 0.999. The Kier molecular flexibility index (Phi) is 4.16. The molecule has 112 valence electrons. The molecule has 0 aliphatic rings. The molecule has 1 heterocycles. The highest BCUT2D eigenvalue weighted by molar-refractivity contribution is 5.66. The number of nitrogens with one attached hydrogen (secondary N) is 1. The number of nitrogens with zero attached hydrogens (tertiary/aromatic N) is 1. The number of hydrogen-bond acceptors (Lipinski definition) is 2. The predicted octanol–water partition coefficient (Wildman–Crippen LogP) is 3.72. The first-order chi connectivity index (χ1) is 9.84. The monoisotopic (exact) mass is 296 g/mol. The van der Waals surface area contributed by atoms with Crippen LogP contribution in [0.2, 0.25) is 0 Å². The molecule has 21 heavy (non-hydrogen) atoms. The SMILES string of the molecule is CCCc1c(-c2ccc(C(F)(F)F)cc2C)nc[nH]c1=O. The third kappa shape index (κ3) is 3.15. The van der Waals surface area contributed by atoms with E-state index in [4.69, 9.17) is 0 Å². The molecule has 2 aromatic rings. The number of H-pyrrole nitrogens is 1. The van der Waals surface area contributed by atoms with Gasteiger partial charge < -0.3 is 4.98 Å². The lowest BCUT2D eigenvalue weighted by Crippen LogP contribution is -2.15. The van der Waals surface area contributed by atoms with Crippen molar-refractivity contribution >= 4 is 0 Å². The van der Waals surface area contributed by atoms with Gasteiger partial charge in [-0.3, -0.25) is 4.79 Å². The van der Waals surface area contributed by atoms with Crippen molar-refractivity contribution in [2.45, 2.75) is 32.9 Å². The number of aromatic amines is 1. The number of aryl methyl sites for hydroxylation is 1. The molecule has 0 atom stereocenters. The minimum absolute atomic E-state index is 0.249. The molecular formula is C15H15F3N2O. The van der Waals surface area contributed by atoms with E-state index in [2.05, 4.69) is 9.97 Å². The summed E-state index contributed by atoms with van der Waals surface area (Å²) in [5.74, 6) is 0. The molecular weight excluding hydrogens is 281 g/mol. The summed E-state index contributed by atoms with van der Waals surface area (Å²) in [6.45, 7) is 3.51. The summed E-state index contributed by atoms with van der Waals surface area (Å²) in [6, 6.07) is 3.47. The van der Waals surface area contributed by atoms with Crippen LogP contribution in [0.5, 0.6) is 0 Å². The number of hydrogen-bond donors (Lipinski definition) is 1. The molecule has 1 N–H and O–H groups in total. The Morgan fingerprint density at radius 1 is 1.29 bits per heavy atom. The zero-order valence-electron chi connectivity index (χ0n) is 11.7. The smallest absolute Gasteiger partial charge is 0.313 e.